The molecule has 2 aliphatic heterocycles. The van der Waals surface area contributed by atoms with E-state index < -0.39 is 16.7 Å². The second-order valence-corrected chi connectivity index (χ2v) is 10.3. The number of anilines is 1. The van der Waals surface area contributed by atoms with Crippen LogP contribution in [0.25, 0.3) is 11.0 Å². The smallest absolute Gasteiger partial charge is 0.211 e. The molecule has 5 rings (SSSR count). The van der Waals surface area contributed by atoms with Crippen molar-refractivity contribution in [2.75, 3.05) is 30.9 Å². The van der Waals surface area contributed by atoms with Gasteiger partial charge in [0, 0.05) is 61.0 Å². The molecule has 0 aliphatic carbocycles. The van der Waals surface area contributed by atoms with Crippen LogP contribution in [0.2, 0.25) is 0 Å². The molecule has 3 aromatic heterocycles. The highest BCUT2D eigenvalue weighted by atomic mass is 32.2. The van der Waals surface area contributed by atoms with Crippen molar-refractivity contribution in [2.45, 2.75) is 37.8 Å². The Kier molecular flexibility index (Phi) is 5.13. The van der Waals surface area contributed by atoms with Crippen LogP contribution >= 0.6 is 0 Å². The van der Waals surface area contributed by atoms with Gasteiger partial charge >= 0.3 is 0 Å². The molecule has 0 aromatic carbocycles. The van der Waals surface area contributed by atoms with Gasteiger partial charge in [-0.05, 0) is 25.0 Å². The van der Waals surface area contributed by atoms with E-state index in [0.717, 1.165) is 46.5 Å². The summed E-state index contributed by atoms with van der Waals surface area (Å²) in [6.45, 7) is 1.04. The Morgan fingerprint density at radius 3 is 2.74 bits per heavy atom. The quantitative estimate of drug-likeness (QED) is 0.664. The minimum absolute atomic E-state index is 0.170. The van der Waals surface area contributed by atoms with Gasteiger partial charge in [-0.15, -0.1) is 0 Å². The Balaban J connectivity index is 1.48. The number of aromatic amines is 1. The monoisotopic (exact) mass is 444 g/mol. The van der Waals surface area contributed by atoms with Crippen molar-refractivity contribution in [3.05, 3.63) is 47.8 Å². The number of aromatic nitrogens is 4. The SMILES string of the molecule is CS(=O)(=O)N1CCC(c2ncnc3c2CN(c2ccnc4[nH]ccc24)[C@@H](CF)C3)CC1. The normalized spacial score (nSPS) is 20.8. The van der Waals surface area contributed by atoms with Crippen LogP contribution < -0.4 is 4.90 Å². The summed E-state index contributed by atoms with van der Waals surface area (Å²) in [4.78, 5) is 18.7. The number of H-pyrrole nitrogens is 1. The number of piperidine rings is 1. The number of nitrogens with one attached hydrogen (secondary N) is 1. The number of hydrogen-bond acceptors (Lipinski definition) is 6. The van der Waals surface area contributed by atoms with Gasteiger partial charge in [-0.2, -0.15) is 0 Å². The summed E-state index contributed by atoms with van der Waals surface area (Å²) in [7, 11) is -3.18. The van der Waals surface area contributed by atoms with Crippen LogP contribution in [0.1, 0.15) is 35.7 Å². The first-order chi connectivity index (χ1) is 15.0. The molecule has 0 bridgehead atoms. The summed E-state index contributed by atoms with van der Waals surface area (Å²) in [5.74, 6) is 0.170. The minimum atomic E-state index is -3.18. The molecule has 0 saturated carbocycles. The Labute approximate surface area is 180 Å². The first-order valence-corrected chi connectivity index (χ1v) is 12.3. The predicted octanol–water partition coefficient (Wildman–Crippen LogP) is 2.39. The fourth-order valence-electron chi connectivity index (χ4n) is 4.87. The maximum Gasteiger partial charge on any atom is 0.211 e. The number of rotatable bonds is 4. The Morgan fingerprint density at radius 1 is 1.19 bits per heavy atom. The van der Waals surface area contributed by atoms with E-state index in [0.29, 0.717) is 26.1 Å². The molecule has 0 unspecified atom stereocenters. The van der Waals surface area contributed by atoms with E-state index in [1.807, 2.05) is 18.3 Å². The Bertz CT molecular complexity index is 1210. The first-order valence-electron chi connectivity index (χ1n) is 10.5. The van der Waals surface area contributed by atoms with Gasteiger partial charge in [0.15, 0.2) is 0 Å². The van der Waals surface area contributed by atoms with Crippen molar-refractivity contribution < 1.29 is 12.8 Å². The predicted molar refractivity (Wildman–Crippen MR) is 116 cm³/mol. The van der Waals surface area contributed by atoms with Crippen molar-refractivity contribution in [1.82, 2.24) is 24.2 Å². The van der Waals surface area contributed by atoms with Crippen molar-refractivity contribution in [1.29, 1.82) is 0 Å². The molecule has 3 aromatic rings. The lowest BCUT2D eigenvalue weighted by Crippen LogP contribution is -2.43. The van der Waals surface area contributed by atoms with Crippen LogP contribution in [0, 0.1) is 0 Å². The van der Waals surface area contributed by atoms with E-state index >= 15 is 0 Å². The summed E-state index contributed by atoms with van der Waals surface area (Å²) >= 11 is 0. The number of pyridine rings is 1. The molecular weight excluding hydrogens is 419 g/mol. The van der Waals surface area contributed by atoms with E-state index in [4.69, 9.17) is 0 Å². The van der Waals surface area contributed by atoms with Gasteiger partial charge in [-0.25, -0.2) is 32.1 Å². The van der Waals surface area contributed by atoms with Crippen LogP contribution in [-0.4, -0.2) is 64.7 Å². The van der Waals surface area contributed by atoms with Crippen LogP contribution in [-0.2, 0) is 23.0 Å². The number of alkyl halides is 1. The average molecular weight is 445 g/mol. The molecule has 164 valence electrons. The Hall–Kier alpha value is -2.59. The third-order valence-electron chi connectivity index (χ3n) is 6.50. The minimum Gasteiger partial charge on any atom is -0.360 e. The first kappa shape index (κ1) is 20.3. The van der Waals surface area contributed by atoms with Crippen molar-refractivity contribution >= 4 is 26.7 Å². The molecule has 31 heavy (non-hydrogen) atoms. The third-order valence-corrected chi connectivity index (χ3v) is 7.80. The molecule has 8 nitrogen and oxygen atoms in total. The van der Waals surface area contributed by atoms with Gasteiger partial charge < -0.3 is 9.88 Å². The second kappa shape index (κ2) is 7.83. The average Bonchev–Trinajstić information content (AvgIpc) is 3.26. The van der Waals surface area contributed by atoms with Gasteiger partial charge in [-0.1, -0.05) is 0 Å². The number of sulfonamides is 1. The molecule has 1 N–H and O–H groups in total. The van der Waals surface area contributed by atoms with E-state index in [-0.39, 0.29) is 12.0 Å². The molecule has 1 atom stereocenters. The third kappa shape index (κ3) is 3.67. The van der Waals surface area contributed by atoms with Crippen LogP contribution in [0.15, 0.2) is 30.9 Å². The van der Waals surface area contributed by atoms with Gasteiger partial charge in [0.05, 0.1) is 23.7 Å². The molecule has 1 fully saturated rings. The molecule has 10 heteroatoms. The highest BCUT2D eigenvalue weighted by molar-refractivity contribution is 7.88. The highest BCUT2D eigenvalue weighted by Gasteiger charge is 2.34. The molecule has 0 spiro atoms. The van der Waals surface area contributed by atoms with E-state index in [9.17, 15) is 12.8 Å². The number of fused-ring (bicyclic) bond motifs is 2. The molecule has 5 heterocycles. The summed E-state index contributed by atoms with van der Waals surface area (Å²) in [6, 6.07) is 3.59. The zero-order valence-corrected chi connectivity index (χ0v) is 18.1. The van der Waals surface area contributed by atoms with Crippen LogP contribution in [0.5, 0.6) is 0 Å². The fraction of sp³-hybridized carbons (Fsp3) is 0.476. The topological polar surface area (TPSA) is 95.1 Å². The van der Waals surface area contributed by atoms with Gasteiger partial charge in [0.2, 0.25) is 10.0 Å². The molecule has 0 amide bonds. The zero-order valence-electron chi connectivity index (χ0n) is 17.3. The van der Waals surface area contributed by atoms with Gasteiger partial charge in [-0.3, -0.25) is 0 Å². The summed E-state index contributed by atoms with van der Waals surface area (Å²) in [5.41, 5.74) is 4.64. The standard InChI is InChI=1S/C21H25FN6O2S/c1-31(29,30)27-8-4-14(5-9-27)20-17-12-28(15(11-22)10-18(17)25-13-26-20)19-3-7-24-21-16(19)2-6-23-21/h2-3,6-7,13-15H,4-5,8-12H2,1H3,(H,23,24)/t15-/m1/s1. The molecular formula is C21H25FN6O2S. The molecule has 2 aliphatic rings. The number of halogens is 1. The van der Waals surface area contributed by atoms with Gasteiger partial charge in [0.25, 0.3) is 0 Å². The van der Waals surface area contributed by atoms with E-state index in [1.54, 1.807) is 12.5 Å². The van der Waals surface area contributed by atoms with Gasteiger partial charge in [0.1, 0.15) is 18.6 Å². The summed E-state index contributed by atoms with van der Waals surface area (Å²) in [6.07, 6.45) is 8.36. The largest absolute Gasteiger partial charge is 0.360 e. The zero-order chi connectivity index (χ0) is 21.6. The van der Waals surface area contributed by atoms with E-state index in [2.05, 4.69) is 24.8 Å². The summed E-state index contributed by atoms with van der Waals surface area (Å²) in [5, 5.41) is 0.962. The lowest BCUT2D eigenvalue weighted by Gasteiger charge is -2.39. The van der Waals surface area contributed by atoms with Crippen molar-refractivity contribution in [3.8, 4) is 0 Å². The van der Waals surface area contributed by atoms with E-state index in [1.165, 1.54) is 10.6 Å². The maximum absolute atomic E-state index is 14.1. The Morgan fingerprint density at radius 2 is 2.00 bits per heavy atom. The van der Waals surface area contributed by atoms with Crippen molar-refractivity contribution in [3.63, 3.8) is 0 Å². The highest BCUT2D eigenvalue weighted by Crippen LogP contribution is 2.37. The molecule has 0 radical (unpaired) electrons. The van der Waals surface area contributed by atoms with Crippen LogP contribution in [0.3, 0.4) is 0 Å². The number of hydrogen-bond donors (Lipinski definition) is 1. The lowest BCUT2D eigenvalue weighted by molar-refractivity contribution is 0.316. The second-order valence-electron chi connectivity index (χ2n) is 8.33. The number of nitrogens with zero attached hydrogens (tertiary/aromatic N) is 5. The maximum atomic E-state index is 14.1. The summed E-state index contributed by atoms with van der Waals surface area (Å²) < 4.78 is 39.3. The molecule has 1 saturated heterocycles. The fourth-order valence-corrected chi connectivity index (χ4v) is 5.75. The van der Waals surface area contributed by atoms with Crippen LogP contribution in [0.4, 0.5) is 10.1 Å². The lowest BCUT2D eigenvalue weighted by atomic mass is 9.87. The van der Waals surface area contributed by atoms with Crippen molar-refractivity contribution in [2.24, 2.45) is 0 Å².